The molecule has 1 aliphatic rings. The molecule has 2 heterocycles. The number of hydrogen-bond donors (Lipinski definition) is 3. The molecular formula is C34H46ClN5O8S. The van der Waals surface area contributed by atoms with Crippen LogP contribution in [-0.2, 0) is 14.8 Å². The highest BCUT2D eigenvalue weighted by molar-refractivity contribution is 7.92. The number of benzene rings is 2. The molecule has 0 spiro atoms. The van der Waals surface area contributed by atoms with Crippen LogP contribution in [0.5, 0.6) is 5.75 Å². The van der Waals surface area contributed by atoms with Gasteiger partial charge in [-0.1, -0.05) is 23.7 Å². The van der Waals surface area contributed by atoms with Crippen LogP contribution in [0.4, 0.5) is 16.2 Å². The minimum atomic E-state index is -4.00. The molecule has 0 radical (unpaired) electrons. The zero-order chi connectivity index (χ0) is 35.9. The van der Waals surface area contributed by atoms with Crippen molar-refractivity contribution in [3.63, 3.8) is 0 Å². The summed E-state index contributed by atoms with van der Waals surface area (Å²) in [7, 11) is -2.34. The monoisotopic (exact) mass is 719 g/mol. The van der Waals surface area contributed by atoms with Gasteiger partial charge in [-0.05, 0) is 89.4 Å². The van der Waals surface area contributed by atoms with Crippen LogP contribution in [0.25, 0.3) is 0 Å². The van der Waals surface area contributed by atoms with Crippen LogP contribution in [0.1, 0.15) is 61.8 Å². The number of hydrogen-bond acceptors (Lipinski definition) is 9. The van der Waals surface area contributed by atoms with E-state index in [-0.39, 0.29) is 53.9 Å². The van der Waals surface area contributed by atoms with Crippen LogP contribution in [0.2, 0.25) is 5.02 Å². The number of fused-ring (bicyclic) bond motifs is 1. The van der Waals surface area contributed by atoms with Crippen LogP contribution < -0.4 is 14.8 Å². The predicted octanol–water partition coefficient (Wildman–Crippen LogP) is 5.71. The maximum atomic E-state index is 14.4. The van der Waals surface area contributed by atoms with E-state index in [4.69, 9.17) is 25.6 Å². The third kappa shape index (κ3) is 9.87. The van der Waals surface area contributed by atoms with Crippen molar-refractivity contribution in [3.05, 3.63) is 64.5 Å². The zero-order valence-electron chi connectivity index (χ0n) is 28.7. The lowest BCUT2D eigenvalue weighted by Crippen LogP contribution is -2.48. The number of nitrogens with one attached hydrogen (secondary N) is 2. The van der Waals surface area contributed by atoms with E-state index in [0.717, 1.165) is 12.8 Å². The van der Waals surface area contributed by atoms with E-state index < -0.39 is 28.1 Å². The maximum absolute atomic E-state index is 14.4. The summed E-state index contributed by atoms with van der Waals surface area (Å²) in [6.07, 6.45) is 1.50. The summed E-state index contributed by atoms with van der Waals surface area (Å²) in [4.78, 5) is 30.6. The van der Waals surface area contributed by atoms with Gasteiger partial charge in [-0.3, -0.25) is 9.52 Å². The van der Waals surface area contributed by atoms with Gasteiger partial charge in [-0.25, -0.2) is 13.2 Å². The first-order chi connectivity index (χ1) is 23.2. The van der Waals surface area contributed by atoms with E-state index in [9.17, 15) is 23.1 Å². The van der Waals surface area contributed by atoms with Crippen molar-refractivity contribution in [1.29, 1.82) is 0 Å². The fourth-order valence-electron chi connectivity index (χ4n) is 5.49. The second-order valence-corrected chi connectivity index (χ2v) is 14.7. The van der Waals surface area contributed by atoms with Crippen molar-refractivity contribution in [1.82, 2.24) is 15.0 Å². The summed E-state index contributed by atoms with van der Waals surface area (Å²) in [6.45, 7) is 9.53. The lowest BCUT2D eigenvalue weighted by molar-refractivity contribution is -0.0115. The summed E-state index contributed by atoms with van der Waals surface area (Å²) in [5.41, 5.74) is 1.38. The molecule has 1 aromatic heterocycles. The van der Waals surface area contributed by atoms with E-state index in [1.54, 1.807) is 40.0 Å². The fraction of sp³-hybridized carbons (Fsp3) is 0.500. The number of aryl methyl sites for hydroxylation is 2. The van der Waals surface area contributed by atoms with Crippen LogP contribution in [0.15, 0.2) is 51.9 Å². The molecule has 49 heavy (non-hydrogen) atoms. The van der Waals surface area contributed by atoms with Gasteiger partial charge in [0.05, 0.1) is 35.3 Å². The molecule has 4 rings (SSSR count). The lowest BCUT2D eigenvalue weighted by atomic mass is 10.0. The van der Waals surface area contributed by atoms with Gasteiger partial charge < -0.3 is 34.2 Å². The highest BCUT2D eigenvalue weighted by atomic mass is 35.5. The molecule has 0 unspecified atom stereocenters. The second-order valence-electron chi connectivity index (χ2n) is 12.6. The first kappa shape index (κ1) is 38.0. The van der Waals surface area contributed by atoms with Crippen LogP contribution in [-0.4, -0.2) is 92.0 Å². The molecule has 0 aliphatic carbocycles. The van der Waals surface area contributed by atoms with Crippen molar-refractivity contribution < 1.29 is 37.1 Å². The molecule has 15 heteroatoms. The Hall–Kier alpha value is -3.85. The average molecular weight is 720 g/mol. The number of sulfonamides is 1. The second kappa shape index (κ2) is 16.7. The number of ether oxygens (including phenoxy) is 2. The number of likely N-dealkylation sites (N-methyl/N-ethyl adjacent to an activating group) is 1. The quantitative estimate of drug-likeness (QED) is 0.265. The van der Waals surface area contributed by atoms with Gasteiger partial charge in [0, 0.05) is 43.4 Å². The molecule has 1 aliphatic heterocycles. The number of aliphatic hydroxyl groups excluding tert-OH is 1. The molecule has 0 bridgehead atoms. The third-order valence-corrected chi connectivity index (χ3v) is 10.1. The van der Waals surface area contributed by atoms with Gasteiger partial charge in [-0.15, -0.1) is 0 Å². The Bertz CT molecular complexity index is 1680. The molecule has 268 valence electrons. The van der Waals surface area contributed by atoms with E-state index in [1.807, 2.05) is 13.8 Å². The van der Waals surface area contributed by atoms with Gasteiger partial charge in [0.15, 0.2) is 5.76 Å². The SMILES string of the molecule is Cc1noc(C)c1NC(=O)N(C)C[C@H]1OCCCC[C@@H](C)Oc2ccc(NS(=O)(=O)c3ccc(Cl)cc3)cc2C(=O)N([C@@H](C)CO)C[C@H]1C. The van der Waals surface area contributed by atoms with Gasteiger partial charge in [0.25, 0.3) is 15.9 Å². The first-order valence-electron chi connectivity index (χ1n) is 16.3. The topological polar surface area (TPSA) is 164 Å². The number of urea groups is 1. The summed E-state index contributed by atoms with van der Waals surface area (Å²) in [5.74, 6) is 0.0530. The molecule has 0 saturated heterocycles. The predicted molar refractivity (Wildman–Crippen MR) is 187 cm³/mol. The number of aliphatic hydroxyl groups is 1. The van der Waals surface area contributed by atoms with Crippen LogP contribution in [0, 0.1) is 19.8 Å². The van der Waals surface area contributed by atoms with Crippen molar-refractivity contribution >= 4 is 44.9 Å². The van der Waals surface area contributed by atoms with E-state index in [2.05, 4.69) is 15.2 Å². The maximum Gasteiger partial charge on any atom is 0.321 e. The molecule has 3 amide bonds. The number of amides is 3. The van der Waals surface area contributed by atoms with Crippen molar-refractivity contribution in [2.75, 3.05) is 43.4 Å². The number of halogens is 1. The fourth-order valence-corrected chi connectivity index (χ4v) is 6.67. The van der Waals surface area contributed by atoms with Gasteiger partial charge in [0.2, 0.25) is 0 Å². The van der Waals surface area contributed by atoms with Crippen molar-refractivity contribution in [2.24, 2.45) is 5.92 Å². The largest absolute Gasteiger partial charge is 0.490 e. The van der Waals surface area contributed by atoms with Gasteiger partial charge in [-0.2, -0.15) is 0 Å². The standard InChI is InChI=1S/C34H46ClN5O8S/c1-21-18-40(22(2)20-41)33(42)29-17-27(38-49(44,45)28-13-10-26(35)11-14-28)12-15-30(29)47-23(3)9-7-8-16-46-31(21)19-39(6)34(43)36-32-24(4)37-48-25(32)5/h10-15,17,21-23,31,38,41H,7-9,16,18-20H2,1-6H3,(H,36,43)/t21-,22+,23-,31-/m1/s1. The highest BCUT2D eigenvalue weighted by Gasteiger charge is 2.31. The molecule has 0 saturated carbocycles. The smallest absolute Gasteiger partial charge is 0.321 e. The first-order valence-corrected chi connectivity index (χ1v) is 18.1. The van der Waals surface area contributed by atoms with Crippen molar-refractivity contribution in [3.8, 4) is 5.75 Å². The minimum absolute atomic E-state index is 0.00827. The molecule has 0 fully saturated rings. The number of carbonyl (C=O) groups is 2. The Labute approximate surface area is 292 Å². The Morgan fingerprint density at radius 2 is 1.88 bits per heavy atom. The number of rotatable bonds is 8. The summed E-state index contributed by atoms with van der Waals surface area (Å²) >= 11 is 5.95. The number of nitrogens with zero attached hydrogens (tertiary/aromatic N) is 3. The number of aromatic nitrogens is 1. The normalized spacial score (nSPS) is 20.0. The van der Waals surface area contributed by atoms with Crippen molar-refractivity contribution in [2.45, 2.75) is 77.0 Å². The van der Waals surface area contributed by atoms with Gasteiger partial charge in [0.1, 0.15) is 17.1 Å². The van der Waals surface area contributed by atoms with Crippen LogP contribution in [0.3, 0.4) is 0 Å². The van der Waals surface area contributed by atoms with Crippen LogP contribution >= 0.6 is 11.6 Å². The Morgan fingerprint density at radius 3 is 2.53 bits per heavy atom. The minimum Gasteiger partial charge on any atom is -0.490 e. The lowest BCUT2D eigenvalue weighted by Gasteiger charge is -2.35. The van der Waals surface area contributed by atoms with E-state index in [0.29, 0.717) is 40.9 Å². The average Bonchev–Trinajstić information content (AvgIpc) is 3.38. The number of carbonyl (C=O) groups excluding carboxylic acids is 2. The van der Waals surface area contributed by atoms with E-state index in [1.165, 1.54) is 40.1 Å². The summed E-state index contributed by atoms with van der Waals surface area (Å²) in [6, 6.07) is 9.35. The molecule has 13 nitrogen and oxygen atoms in total. The highest BCUT2D eigenvalue weighted by Crippen LogP contribution is 2.30. The number of anilines is 2. The molecule has 3 N–H and O–H groups in total. The summed E-state index contributed by atoms with van der Waals surface area (Å²) < 4.78 is 46.7. The molecule has 4 atom stereocenters. The zero-order valence-corrected chi connectivity index (χ0v) is 30.3. The Balaban J connectivity index is 1.63. The van der Waals surface area contributed by atoms with E-state index >= 15 is 0 Å². The Kier molecular flexibility index (Phi) is 12.9. The van der Waals surface area contributed by atoms with Gasteiger partial charge >= 0.3 is 6.03 Å². The molecule has 3 aromatic rings. The Morgan fingerprint density at radius 1 is 1.16 bits per heavy atom. The summed E-state index contributed by atoms with van der Waals surface area (Å²) in [5, 5.41) is 17.4. The molecule has 2 aromatic carbocycles. The third-order valence-electron chi connectivity index (χ3n) is 8.49. The molecular weight excluding hydrogens is 674 g/mol.